The highest BCUT2D eigenvalue weighted by atomic mass is 35.5. The van der Waals surface area contributed by atoms with Gasteiger partial charge in [-0.1, -0.05) is 47.0 Å². The molecular weight excluding hydrogens is 370 g/mol. The summed E-state index contributed by atoms with van der Waals surface area (Å²) < 4.78 is 16.4. The van der Waals surface area contributed by atoms with E-state index in [1.807, 2.05) is 38.1 Å². The standard InChI is InChI=1S/C21H21ClO5/c1-13-3-7-15(8-4-13)20(23)25-12-18-17(11-19(22)26-18)27-21(24)16-9-5-14(2)6-10-16/h3-10,17-19H,11-12H2,1-2H3/t17-,18+,19-/m0/s1/i17+1,18+1. The van der Waals surface area contributed by atoms with Crippen molar-refractivity contribution in [1.29, 1.82) is 0 Å². The molecule has 1 heterocycles. The topological polar surface area (TPSA) is 61.8 Å². The Morgan fingerprint density at radius 2 is 1.48 bits per heavy atom. The molecule has 0 radical (unpaired) electrons. The number of hydrogen-bond acceptors (Lipinski definition) is 5. The quantitative estimate of drug-likeness (QED) is 0.438. The van der Waals surface area contributed by atoms with Gasteiger partial charge < -0.3 is 14.2 Å². The minimum absolute atomic E-state index is 0.0399. The third kappa shape index (κ3) is 5.08. The van der Waals surface area contributed by atoms with Gasteiger partial charge in [0.2, 0.25) is 0 Å². The number of carbonyl (C=O) groups excluding carboxylic acids is 2. The third-order valence-corrected chi connectivity index (χ3v) is 4.65. The second-order valence-electron chi connectivity index (χ2n) is 6.59. The van der Waals surface area contributed by atoms with Crippen molar-refractivity contribution in [3.63, 3.8) is 0 Å². The van der Waals surface area contributed by atoms with Crippen molar-refractivity contribution in [2.75, 3.05) is 6.61 Å². The average molecular weight is 391 g/mol. The predicted octanol–water partition coefficient (Wildman–Crippen LogP) is 4.04. The first-order valence-corrected chi connectivity index (χ1v) is 9.17. The first-order chi connectivity index (χ1) is 12.9. The SMILES string of the molecule is Cc1ccc(C(=O)OC[13C@H]2O[C@H](Cl)C[13C@@H]2OC(=O)c2ccc(C)cc2)cc1. The van der Waals surface area contributed by atoms with Gasteiger partial charge in [-0.2, -0.15) is 0 Å². The van der Waals surface area contributed by atoms with E-state index in [-0.39, 0.29) is 6.61 Å². The molecule has 3 atom stereocenters. The van der Waals surface area contributed by atoms with Crippen LogP contribution in [0.3, 0.4) is 0 Å². The summed E-state index contributed by atoms with van der Waals surface area (Å²) in [6, 6.07) is 14.2. The molecule has 0 N–H and O–H groups in total. The summed E-state index contributed by atoms with van der Waals surface area (Å²) in [5, 5.41) is 0. The van der Waals surface area contributed by atoms with Gasteiger partial charge >= 0.3 is 11.9 Å². The molecule has 1 aliphatic rings. The Bertz CT molecular complexity index is 800. The fraction of sp³-hybridized carbons (Fsp3) is 0.333. The number of esters is 2. The molecular formula is C21H21ClO5. The Kier molecular flexibility index (Phi) is 6.14. The zero-order valence-corrected chi connectivity index (χ0v) is 15.9. The van der Waals surface area contributed by atoms with Gasteiger partial charge in [0.1, 0.15) is 24.4 Å². The lowest BCUT2D eigenvalue weighted by Crippen LogP contribution is -2.32. The molecule has 0 saturated carbocycles. The van der Waals surface area contributed by atoms with Crippen LogP contribution in [0.25, 0.3) is 0 Å². The van der Waals surface area contributed by atoms with Crippen LogP contribution in [0.15, 0.2) is 48.5 Å². The minimum Gasteiger partial charge on any atom is -0.459 e. The van der Waals surface area contributed by atoms with Crippen LogP contribution in [0.4, 0.5) is 0 Å². The van der Waals surface area contributed by atoms with Gasteiger partial charge in [0, 0.05) is 6.42 Å². The van der Waals surface area contributed by atoms with Crippen molar-refractivity contribution >= 4 is 23.5 Å². The molecule has 2 aromatic carbocycles. The van der Waals surface area contributed by atoms with Gasteiger partial charge in [-0.3, -0.25) is 0 Å². The summed E-state index contributed by atoms with van der Waals surface area (Å²) in [5.74, 6) is -0.913. The van der Waals surface area contributed by atoms with Gasteiger partial charge in [-0.25, -0.2) is 9.59 Å². The molecule has 3 rings (SSSR count). The largest absolute Gasteiger partial charge is 0.459 e. The number of ether oxygens (including phenoxy) is 3. The highest BCUT2D eigenvalue weighted by molar-refractivity contribution is 6.19. The number of benzene rings is 2. The van der Waals surface area contributed by atoms with E-state index in [0.29, 0.717) is 17.5 Å². The molecule has 5 nitrogen and oxygen atoms in total. The van der Waals surface area contributed by atoms with Crippen molar-refractivity contribution in [2.24, 2.45) is 0 Å². The number of halogens is 1. The fourth-order valence-electron chi connectivity index (χ4n) is 2.76. The Labute approximate surface area is 163 Å². The summed E-state index contributed by atoms with van der Waals surface area (Å²) in [6.07, 6.45) is -0.838. The maximum atomic E-state index is 12.3. The smallest absolute Gasteiger partial charge is 0.338 e. The number of carbonyl (C=O) groups is 2. The molecule has 0 spiro atoms. The Morgan fingerprint density at radius 3 is 2.04 bits per heavy atom. The molecule has 1 fully saturated rings. The zero-order valence-electron chi connectivity index (χ0n) is 15.2. The maximum Gasteiger partial charge on any atom is 0.338 e. The van der Waals surface area contributed by atoms with E-state index in [9.17, 15) is 9.59 Å². The molecule has 0 amide bonds. The van der Waals surface area contributed by atoms with Crippen LogP contribution >= 0.6 is 11.6 Å². The lowest BCUT2D eigenvalue weighted by Gasteiger charge is -2.19. The van der Waals surface area contributed by atoms with E-state index < -0.39 is 29.7 Å². The summed E-state index contributed by atoms with van der Waals surface area (Å²) in [7, 11) is 0. The van der Waals surface area contributed by atoms with Gasteiger partial charge in [-0.05, 0) is 38.1 Å². The maximum absolute atomic E-state index is 12.3. The molecule has 0 unspecified atom stereocenters. The van der Waals surface area contributed by atoms with E-state index in [1.165, 1.54) is 0 Å². The summed E-state index contributed by atoms with van der Waals surface area (Å²) in [6.45, 7) is 3.84. The van der Waals surface area contributed by atoms with Crippen LogP contribution in [0.2, 0.25) is 0 Å². The number of rotatable bonds is 5. The predicted molar refractivity (Wildman–Crippen MR) is 101 cm³/mol. The van der Waals surface area contributed by atoms with E-state index in [4.69, 9.17) is 25.8 Å². The van der Waals surface area contributed by atoms with E-state index in [1.54, 1.807) is 24.3 Å². The molecule has 1 aliphatic heterocycles. The Balaban J connectivity index is 1.58. The lowest BCUT2D eigenvalue weighted by atomic mass is 10.1. The Hall–Kier alpha value is -2.37. The number of alkyl halides is 1. The molecule has 27 heavy (non-hydrogen) atoms. The highest BCUT2D eigenvalue weighted by Gasteiger charge is 2.38. The molecule has 6 heteroatoms. The third-order valence-electron chi connectivity index (χ3n) is 4.37. The molecule has 0 bridgehead atoms. The van der Waals surface area contributed by atoms with Crippen molar-refractivity contribution in [2.45, 2.75) is 38.0 Å². The highest BCUT2D eigenvalue weighted by Crippen LogP contribution is 2.27. The van der Waals surface area contributed by atoms with Gasteiger partial charge in [0.05, 0.1) is 11.1 Å². The first kappa shape index (κ1) is 19.4. The molecule has 1 saturated heterocycles. The van der Waals surface area contributed by atoms with Gasteiger partial charge in [-0.15, -0.1) is 0 Å². The second kappa shape index (κ2) is 8.55. The van der Waals surface area contributed by atoms with E-state index >= 15 is 0 Å². The molecule has 0 aromatic heterocycles. The van der Waals surface area contributed by atoms with Crippen molar-refractivity contribution in [1.82, 2.24) is 0 Å². The number of aryl methyl sites for hydroxylation is 2. The van der Waals surface area contributed by atoms with Gasteiger partial charge in [0.15, 0.2) is 0 Å². The van der Waals surface area contributed by atoms with Crippen molar-refractivity contribution in [3.05, 3.63) is 70.8 Å². The van der Waals surface area contributed by atoms with Crippen LogP contribution in [0, 0.1) is 13.8 Å². The van der Waals surface area contributed by atoms with Crippen LogP contribution in [0.5, 0.6) is 0 Å². The van der Waals surface area contributed by atoms with E-state index in [2.05, 4.69) is 0 Å². The fourth-order valence-corrected chi connectivity index (χ4v) is 3.07. The molecule has 0 aliphatic carbocycles. The van der Waals surface area contributed by atoms with Crippen LogP contribution in [-0.4, -0.2) is 36.3 Å². The lowest BCUT2D eigenvalue weighted by molar-refractivity contribution is -0.0322. The van der Waals surface area contributed by atoms with Crippen LogP contribution < -0.4 is 0 Å². The molecule has 2 aromatic rings. The minimum atomic E-state index is -0.601. The number of hydrogen-bond donors (Lipinski definition) is 0. The second-order valence-corrected chi connectivity index (χ2v) is 7.08. The normalized spacial score (nSPS) is 21.7. The Morgan fingerprint density at radius 1 is 0.963 bits per heavy atom. The van der Waals surface area contributed by atoms with Crippen molar-refractivity contribution in [3.8, 4) is 0 Å². The first-order valence-electron chi connectivity index (χ1n) is 8.73. The molecule has 142 valence electrons. The van der Waals surface area contributed by atoms with Crippen LogP contribution in [-0.2, 0) is 14.2 Å². The summed E-state index contributed by atoms with van der Waals surface area (Å²) in [4.78, 5) is 24.5. The van der Waals surface area contributed by atoms with E-state index in [0.717, 1.165) is 11.1 Å². The zero-order chi connectivity index (χ0) is 19.4. The van der Waals surface area contributed by atoms with Gasteiger partial charge in [0.25, 0.3) is 0 Å². The van der Waals surface area contributed by atoms with Crippen LogP contribution in [0.1, 0.15) is 38.3 Å². The monoisotopic (exact) mass is 390 g/mol. The summed E-state index contributed by atoms with van der Waals surface area (Å²) in [5.41, 5.74) is 2.42. The summed E-state index contributed by atoms with van der Waals surface area (Å²) >= 11 is 6.05. The van der Waals surface area contributed by atoms with Crippen molar-refractivity contribution < 1.29 is 23.8 Å². The average Bonchev–Trinajstić information content (AvgIpc) is 3.00.